The minimum atomic E-state index is -0.373. The molecule has 2 aromatic rings. The number of morpholine rings is 1. The normalized spacial score (nSPS) is 18.3. The molecule has 0 saturated carbocycles. The minimum absolute atomic E-state index is 0.142. The Morgan fingerprint density at radius 2 is 2.04 bits per heavy atom. The van der Waals surface area contributed by atoms with E-state index in [9.17, 15) is 9.18 Å². The highest BCUT2D eigenvalue weighted by Crippen LogP contribution is 2.26. The molecule has 9 heteroatoms. The molecule has 4 heterocycles. The molecule has 8 nitrogen and oxygen atoms in total. The molecule has 0 radical (unpaired) electrons. The number of amides is 2. The molecule has 0 aromatic carbocycles. The van der Waals surface area contributed by atoms with E-state index in [1.165, 1.54) is 6.07 Å². The highest BCUT2D eigenvalue weighted by Gasteiger charge is 2.25. The van der Waals surface area contributed by atoms with E-state index >= 15 is 0 Å². The van der Waals surface area contributed by atoms with Crippen LogP contribution in [0.1, 0.15) is 30.0 Å². The highest BCUT2D eigenvalue weighted by molar-refractivity contribution is 5.74. The fourth-order valence-corrected chi connectivity index (χ4v) is 3.68. The first-order valence-electron chi connectivity index (χ1n) is 9.61. The number of piperidine rings is 1. The molecule has 1 N–H and O–H groups in total. The molecular formula is C19H24FN5O3. The van der Waals surface area contributed by atoms with Crippen molar-refractivity contribution in [1.29, 1.82) is 0 Å². The SMILES string of the molecule is O=C(NCc1cnc(N2CCOCC2)c(F)c1)N1CCC(c2ccon2)CC1. The molecule has 0 spiro atoms. The fraction of sp³-hybridized carbons (Fsp3) is 0.526. The zero-order valence-corrected chi connectivity index (χ0v) is 15.6. The number of urea groups is 1. The molecule has 28 heavy (non-hydrogen) atoms. The van der Waals surface area contributed by atoms with Crippen molar-refractivity contribution in [2.75, 3.05) is 44.3 Å². The summed E-state index contributed by atoms with van der Waals surface area (Å²) in [4.78, 5) is 20.3. The average molecular weight is 389 g/mol. The van der Waals surface area contributed by atoms with E-state index in [-0.39, 0.29) is 18.4 Å². The lowest BCUT2D eigenvalue weighted by atomic mass is 9.94. The Labute approximate surface area is 162 Å². The summed E-state index contributed by atoms with van der Waals surface area (Å²) in [7, 11) is 0. The number of nitrogens with zero attached hydrogens (tertiary/aromatic N) is 4. The predicted molar refractivity (Wildman–Crippen MR) is 99.5 cm³/mol. The Kier molecular flexibility index (Phi) is 5.70. The summed E-state index contributed by atoms with van der Waals surface area (Å²) in [6.07, 6.45) is 4.89. The van der Waals surface area contributed by atoms with E-state index < -0.39 is 0 Å². The van der Waals surface area contributed by atoms with Gasteiger partial charge in [-0.2, -0.15) is 0 Å². The molecule has 0 aliphatic carbocycles. The number of rotatable bonds is 4. The Morgan fingerprint density at radius 1 is 1.25 bits per heavy atom. The lowest BCUT2D eigenvalue weighted by Gasteiger charge is -2.31. The predicted octanol–water partition coefficient (Wildman–Crippen LogP) is 2.13. The first kappa shape index (κ1) is 18.7. The van der Waals surface area contributed by atoms with Gasteiger partial charge in [0.15, 0.2) is 11.6 Å². The van der Waals surface area contributed by atoms with Crippen LogP contribution in [0.5, 0.6) is 0 Å². The van der Waals surface area contributed by atoms with Gasteiger partial charge in [0, 0.05) is 50.9 Å². The maximum atomic E-state index is 14.4. The standard InChI is InChI=1S/C19H24FN5O3/c20-16-11-14(12-21-18(16)24-6-9-27-10-7-24)13-22-19(26)25-4-1-15(2-5-25)17-3-8-28-23-17/h3,8,11-12,15H,1-2,4-7,9-10,13H2,(H,22,26). The Bertz CT molecular complexity index is 787. The van der Waals surface area contributed by atoms with Crippen LogP contribution in [0, 0.1) is 5.82 Å². The smallest absolute Gasteiger partial charge is 0.317 e. The summed E-state index contributed by atoms with van der Waals surface area (Å²) in [5.74, 6) is 0.296. The van der Waals surface area contributed by atoms with Gasteiger partial charge in [0.25, 0.3) is 0 Å². The summed E-state index contributed by atoms with van der Waals surface area (Å²) >= 11 is 0. The number of hydrogen-bond donors (Lipinski definition) is 1. The average Bonchev–Trinajstić information content (AvgIpc) is 3.28. The quantitative estimate of drug-likeness (QED) is 0.863. The van der Waals surface area contributed by atoms with Gasteiger partial charge < -0.3 is 24.4 Å². The van der Waals surface area contributed by atoms with Gasteiger partial charge in [-0.1, -0.05) is 5.16 Å². The number of carbonyl (C=O) groups excluding carboxylic acids is 1. The molecule has 150 valence electrons. The minimum Gasteiger partial charge on any atom is -0.378 e. The van der Waals surface area contributed by atoms with Crippen molar-refractivity contribution in [3.05, 3.63) is 41.7 Å². The number of halogens is 1. The van der Waals surface area contributed by atoms with Crippen LogP contribution in [0.15, 0.2) is 29.1 Å². The van der Waals surface area contributed by atoms with Gasteiger partial charge >= 0.3 is 6.03 Å². The molecule has 2 aromatic heterocycles. The first-order chi connectivity index (χ1) is 13.7. The summed E-state index contributed by atoms with van der Waals surface area (Å²) in [5.41, 5.74) is 1.59. The number of nitrogens with one attached hydrogen (secondary N) is 1. The van der Waals surface area contributed by atoms with Crippen LogP contribution in [0.4, 0.5) is 15.0 Å². The highest BCUT2D eigenvalue weighted by atomic mass is 19.1. The van der Waals surface area contributed by atoms with Crippen molar-refractivity contribution in [2.45, 2.75) is 25.3 Å². The van der Waals surface area contributed by atoms with Crippen molar-refractivity contribution in [1.82, 2.24) is 20.4 Å². The third kappa shape index (κ3) is 4.24. The Balaban J connectivity index is 1.27. The summed E-state index contributed by atoms with van der Waals surface area (Å²) in [6, 6.07) is 3.17. The van der Waals surface area contributed by atoms with Gasteiger partial charge in [-0.15, -0.1) is 0 Å². The van der Waals surface area contributed by atoms with Gasteiger partial charge in [-0.25, -0.2) is 14.2 Å². The van der Waals surface area contributed by atoms with E-state index in [1.54, 1.807) is 17.4 Å². The van der Waals surface area contributed by atoms with Crippen molar-refractivity contribution < 1.29 is 18.4 Å². The van der Waals surface area contributed by atoms with Gasteiger partial charge in [0.1, 0.15) is 6.26 Å². The molecule has 2 aliphatic rings. The second-order valence-corrected chi connectivity index (χ2v) is 7.09. The van der Waals surface area contributed by atoms with Gasteiger partial charge in [-0.05, 0) is 24.5 Å². The topological polar surface area (TPSA) is 83.7 Å². The Morgan fingerprint density at radius 3 is 2.71 bits per heavy atom. The van der Waals surface area contributed by atoms with E-state index in [2.05, 4.69) is 15.5 Å². The fourth-order valence-electron chi connectivity index (χ4n) is 3.68. The number of likely N-dealkylation sites (tertiary alicyclic amines) is 1. The number of anilines is 1. The zero-order valence-electron chi connectivity index (χ0n) is 15.6. The summed E-state index contributed by atoms with van der Waals surface area (Å²) in [6.45, 7) is 3.97. The maximum Gasteiger partial charge on any atom is 0.317 e. The van der Waals surface area contributed by atoms with E-state index in [0.29, 0.717) is 56.7 Å². The van der Waals surface area contributed by atoms with Crippen LogP contribution < -0.4 is 10.2 Å². The van der Waals surface area contributed by atoms with E-state index in [4.69, 9.17) is 9.26 Å². The monoisotopic (exact) mass is 389 g/mol. The van der Waals surface area contributed by atoms with Crippen LogP contribution in [-0.4, -0.2) is 60.5 Å². The van der Waals surface area contributed by atoms with Crippen molar-refractivity contribution in [3.63, 3.8) is 0 Å². The van der Waals surface area contributed by atoms with Gasteiger partial charge in [0.2, 0.25) is 0 Å². The Hall–Kier alpha value is -2.68. The van der Waals surface area contributed by atoms with Crippen LogP contribution in [0.2, 0.25) is 0 Å². The molecule has 2 fully saturated rings. The lowest BCUT2D eigenvalue weighted by Crippen LogP contribution is -2.43. The van der Waals surface area contributed by atoms with Crippen molar-refractivity contribution >= 4 is 11.8 Å². The second-order valence-electron chi connectivity index (χ2n) is 7.09. The molecule has 2 saturated heterocycles. The number of pyridine rings is 1. The van der Waals surface area contributed by atoms with Crippen molar-refractivity contribution in [3.8, 4) is 0 Å². The van der Waals surface area contributed by atoms with E-state index in [1.807, 2.05) is 11.0 Å². The number of ether oxygens (including phenoxy) is 1. The third-order valence-electron chi connectivity index (χ3n) is 5.29. The summed E-state index contributed by atoms with van der Waals surface area (Å²) in [5, 5.41) is 6.84. The summed E-state index contributed by atoms with van der Waals surface area (Å²) < 4.78 is 24.6. The zero-order chi connectivity index (χ0) is 19.3. The van der Waals surface area contributed by atoms with Gasteiger partial charge in [0.05, 0.1) is 18.9 Å². The van der Waals surface area contributed by atoms with Crippen LogP contribution in [0.25, 0.3) is 0 Å². The maximum absolute atomic E-state index is 14.4. The van der Waals surface area contributed by atoms with Crippen LogP contribution in [-0.2, 0) is 11.3 Å². The largest absolute Gasteiger partial charge is 0.378 e. The lowest BCUT2D eigenvalue weighted by molar-refractivity contribution is 0.122. The number of carbonyl (C=O) groups is 1. The first-order valence-corrected chi connectivity index (χ1v) is 9.61. The molecule has 4 rings (SSSR count). The van der Waals surface area contributed by atoms with Crippen molar-refractivity contribution in [2.24, 2.45) is 0 Å². The number of aromatic nitrogens is 2. The molecular weight excluding hydrogens is 365 g/mol. The molecule has 0 unspecified atom stereocenters. The molecule has 2 aliphatic heterocycles. The molecule has 2 amide bonds. The second kappa shape index (κ2) is 8.55. The van der Waals surface area contributed by atoms with Crippen LogP contribution >= 0.6 is 0 Å². The van der Waals surface area contributed by atoms with Crippen LogP contribution in [0.3, 0.4) is 0 Å². The molecule has 0 bridgehead atoms. The number of hydrogen-bond acceptors (Lipinski definition) is 6. The molecule has 0 atom stereocenters. The van der Waals surface area contributed by atoms with Gasteiger partial charge in [-0.3, -0.25) is 0 Å². The third-order valence-corrected chi connectivity index (χ3v) is 5.29. The van der Waals surface area contributed by atoms with E-state index in [0.717, 1.165) is 18.5 Å².